The van der Waals surface area contributed by atoms with Gasteiger partial charge in [-0.2, -0.15) is 0 Å². The Kier molecular flexibility index (Phi) is 2.37. The third-order valence-corrected chi connectivity index (χ3v) is 3.29. The fourth-order valence-corrected chi connectivity index (χ4v) is 2.22. The van der Waals surface area contributed by atoms with Gasteiger partial charge < -0.3 is 9.52 Å². The number of fused-ring (bicyclic) bond motifs is 1. The van der Waals surface area contributed by atoms with Gasteiger partial charge in [0.05, 0.1) is 0 Å². The van der Waals surface area contributed by atoms with Crippen molar-refractivity contribution in [2.45, 2.75) is 13.8 Å². The molecule has 1 N–H and O–H groups in total. The second-order valence-corrected chi connectivity index (χ2v) is 4.56. The fourth-order valence-electron chi connectivity index (χ4n) is 2.22. The molecule has 0 radical (unpaired) electrons. The number of aromatic hydroxyl groups is 1. The first kappa shape index (κ1) is 10.9. The van der Waals surface area contributed by atoms with Gasteiger partial charge in [0.1, 0.15) is 17.1 Å². The van der Waals surface area contributed by atoms with Gasteiger partial charge in [-0.05, 0) is 31.5 Å². The second kappa shape index (κ2) is 3.91. The van der Waals surface area contributed by atoms with Crippen molar-refractivity contribution in [1.29, 1.82) is 0 Å². The molecule has 0 fully saturated rings. The summed E-state index contributed by atoms with van der Waals surface area (Å²) >= 11 is 0. The van der Waals surface area contributed by atoms with Crippen LogP contribution in [0.4, 0.5) is 0 Å². The Balaban J connectivity index is 2.30. The number of hydrogen-bond donors (Lipinski definition) is 1. The molecule has 2 nitrogen and oxygen atoms in total. The van der Waals surface area contributed by atoms with Crippen molar-refractivity contribution in [3.8, 4) is 17.1 Å². The monoisotopic (exact) mass is 238 g/mol. The molecule has 0 aliphatic rings. The Hall–Kier alpha value is -2.22. The van der Waals surface area contributed by atoms with Crippen LogP contribution in [0.2, 0.25) is 0 Å². The molecule has 3 rings (SSSR count). The summed E-state index contributed by atoms with van der Waals surface area (Å²) in [6.07, 6.45) is 0. The number of phenols is 1. The number of benzene rings is 2. The summed E-state index contributed by atoms with van der Waals surface area (Å²) in [6.45, 7) is 3.89. The lowest BCUT2D eigenvalue weighted by Crippen LogP contribution is -1.77. The molecule has 0 spiro atoms. The van der Waals surface area contributed by atoms with E-state index in [4.69, 9.17) is 4.42 Å². The van der Waals surface area contributed by atoms with Crippen LogP contribution in [-0.4, -0.2) is 5.11 Å². The minimum Gasteiger partial charge on any atom is -0.508 e. The van der Waals surface area contributed by atoms with Gasteiger partial charge in [-0.25, -0.2) is 0 Å². The Bertz CT molecular complexity index is 709. The second-order valence-electron chi connectivity index (χ2n) is 4.56. The van der Waals surface area contributed by atoms with Crippen LogP contribution in [0.3, 0.4) is 0 Å². The lowest BCUT2D eigenvalue weighted by Gasteiger charge is -1.97. The highest BCUT2D eigenvalue weighted by Gasteiger charge is 2.13. The summed E-state index contributed by atoms with van der Waals surface area (Å²) in [6, 6.07) is 13.7. The predicted molar refractivity (Wildman–Crippen MR) is 72.8 cm³/mol. The topological polar surface area (TPSA) is 33.4 Å². The Morgan fingerprint density at radius 2 is 1.72 bits per heavy atom. The molecule has 0 saturated heterocycles. The zero-order valence-electron chi connectivity index (χ0n) is 10.4. The van der Waals surface area contributed by atoms with Gasteiger partial charge in [0.2, 0.25) is 0 Å². The van der Waals surface area contributed by atoms with E-state index in [1.165, 1.54) is 0 Å². The quantitative estimate of drug-likeness (QED) is 0.680. The van der Waals surface area contributed by atoms with Gasteiger partial charge in [0.25, 0.3) is 0 Å². The number of furan rings is 1. The molecule has 0 saturated carbocycles. The van der Waals surface area contributed by atoms with E-state index in [0.29, 0.717) is 5.75 Å². The van der Waals surface area contributed by atoms with Crippen LogP contribution in [0, 0.1) is 13.8 Å². The van der Waals surface area contributed by atoms with Gasteiger partial charge in [-0.3, -0.25) is 0 Å². The van der Waals surface area contributed by atoms with Gasteiger partial charge >= 0.3 is 0 Å². The van der Waals surface area contributed by atoms with E-state index in [-0.39, 0.29) is 0 Å². The number of aryl methyl sites for hydroxylation is 2. The van der Waals surface area contributed by atoms with Crippen LogP contribution in [0.15, 0.2) is 46.9 Å². The van der Waals surface area contributed by atoms with Crippen LogP contribution in [-0.2, 0) is 0 Å². The maximum Gasteiger partial charge on any atom is 0.138 e. The van der Waals surface area contributed by atoms with E-state index in [1.807, 2.05) is 50.2 Å². The molecule has 1 heterocycles. The fraction of sp³-hybridized carbons (Fsp3) is 0.125. The number of hydrogen-bond acceptors (Lipinski definition) is 2. The van der Waals surface area contributed by atoms with E-state index in [2.05, 4.69) is 0 Å². The smallest absolute Gasteiger partial charge is 0.138 e. The average molecular weight is 238 g/mol. The molecule has 0 unspecified atom stereocenters. The standard InChI is InChI=1S/C16H14O2/c1-10-8-15-13(9-14(10)17)11(2)16(18-15)12-6-4-3-5-7-12/h3-9,17H,1-2H3. The number of rotatable bonds is 1. The first-order chi connectivity index (χ1) is 8.66. The van der Waals surface area contributed by atoms with E-state index in [9.17, 15) is 5.11 Å². The molecular formula is C16H14O2. The summed E-state index contributed by atoms with van der Waals surface area (Å²) in [5.41, 5.74) is 3.77. The summed E-state index contributed by atoms with van der Waals surface area (Å²) in [5, 5.41) is 10.7. The Labute approximate surface area is 105 Å². The molecule has 0 atom stereocenters. The van der Waals surface area contributed by atoms with Crippen molar-refractivity contribution in [1.82, 2.24) is 0 Å². The van der Waals surface area contributed by atoms with E-state index in [0.717, 1.165) is 33.4 Å². The molecule has 1 aromatic heterocycles. The minimum absolute atomic E-state index is 0.311. The van der Waals surface area contributed by atoms with Crippen LogP contribution < -0.4 is 0 Å². The number of phenolic OH excluding ortho intramolecular Hbond substituents is 1. The molecule has 0 bridgehead atoms. The molecule has 2 aromatic carbocycles. The highest BCUT2D eigenvalue weighted by molar-refractivity contribution is 5.89. The van der Waals surface area contributed by atoms with E-state index in [1.54, 1.807) is 6.07 Å². The SMILES string of the molecule is Cc1cc2oc(-c3ccccc3)c(C)c2cc1O. The van der Waals surface area contributed by atoms with Crippen LogP contribution in [0.1, 0.15) is 11.1 Å². The lowest BCUT2D eigenvalue weighted by molar-refractivity contribution is 0.471. The zero-order valence-corrected chi connectivity index (χ0v) is 10.4. The van der Waals surface area contributed by atoms with Crippen molar-refractivity contribution in [3.63, 3.8) is 0 Å². The van der Waals surface area contributed by atoms with Crippen molar-refractivity contribution in [2.24, 2.45) is 0 Å². The predicted octanol–water partition coefficient (Wildman–Crippen LogP) is 4.42. The lowest BCUT2D eigenvalue weighted by atomic mass is 10.1. The highest BCUT2D eigenvalue weighted by atomic mass is 16.3. The molecule has 3 aromatic rings. The van der Waals surface area contributed by atoms with Gasteiger partial charge in [-0.15, -0.1) is 0 Å². The maximum absolute atomic E-state index is 9.78. The highest BCUT2D eigenvalue weighted by Crippen LogP contribution is 2.35. The van der Waals surface area contributed by atoms with Crippen molar-refractivity contribution in [3.05, 3.63) is 53.6 Å². The van der Waals surface area contributed by atoms with E-state index < -0.39 is 0 Å². The normalized spacial score (nSPS) is 11.0. The molecule has 90 valence electrons. The van der Waals surface area contributed by atoms with Gasteiger partial charge in [-0.1, -0.05) is 30.3 Å². The third kappa shape index (κ3) is 1.58. The molecule has 2 heteroatoms. The Morgan fingerprint density at radius 1 is 1.00 bits per heavy atom. The zero-order chi connectivity index (χ0) is 12.7. The van der Waals surface area contributed by atoms with Crippen LogP contribution in [0.25, 0.3) is 22.3 Å². The molecule has 0 amide bonds. The average Bonchev–Trinajstić information content (AvgIpc) is 2.69. The minimum atomic E-state index is 0.311. The molecule has 0 aliphatic carbocycles. The summed E-state index contributed by atoms with van der Waals surface area (Å²) in [7, 11) is 0. The van der Waals surface area contributed by atoms with Gasteiger partial charge in [0, 0.05) is 16.5 Å². The molecule has 18 heavy (non-hydrogen) atoms. The molecular weight excluding hydrogens is 224 g/mol. The van der Waals surface area contributed by atoms with Crippen molar-refractivity contribution >= 4 is 11.0 Å². The summed E-state index contributed by atoms with van der Waals surface area (Å²) in [5.74, 6) is 1.18. The Morgan fingerprint density at radius 3 is 2.44 bits per heavy atom. The summed E-state index contributed by atoms with van der Waals surface area (Å²) in [4.78, 5) is 0. The van der Waals surface area contributed by atoms with Crippen molar-refractivity contribution in [2.75, 3.05) is 0 Å². The first-order valence-corrected chi connectivity index (χ1v) is 5.95. The van der Waals surface area contributed by atoms with Gasteiger partial charge in [0.15, 0.2) is 0 Å². The van der Waals surface area contributed by atoms with Crippen LogP contribution >= 0.6 is 0 Å². The first-order valence-electron chi connectivity index (χ1n) is 5.95. The maximum atomic E-state index is 9.78. The summed E-state index contributed by atoms with van der Waals surface area (Å²) < 4.78 is 5.91. The third-order valence-electron chi connectivity index (χ3n) is 3.29. The van der Waals surface area contributed by atoms with Crippen LogP contribution in [0.5, 0.6) is 5.75 Å². The van der Waals surface area contributed by atoms with Crippen molar-refractivity contribution < 1.29 is 9.52 Å². The largest absolute Gasteiger partial charge is 0.508 e. The van der Waals surface area contributed by atoms with E-state index >= 15 is 0 Å². The molecule has 0 aliphatic heterocycles.